The quantitative estimate of drug-likeness (QED) is 0.888. The number of benzene rings is 1. The highest BCUT2D eigenvalue weighted by Crippen LogP contribution is 2.20. The minimum absolute atomic E-state index is 0.0971. The molecule has 1 heterocycles. The molecule has 0 saturated carbocycles. The zero-order valence-electron chi connectivity index (χ0n) is 9.74. The van der Waals surface area contributed by atoms with E-state index in [1.54, 1.807) is 7.11 Å². The van der Waals surface area contributed by atoms with Crippen molar-refractivity contribution in [2.45, 2.75) is 6.54 Å². The van der Waals surface area contributed by atoms with Crippen molar-refractivity contribution in [2.24, 2.45) is 0 Å². The summed E-state index contributed by atoms with van der Waals surface area (Å²) in [6, 6.07) is 7.61. The average Bonchev–Trinajstić information content (AvgIpc) is 2.41. The molecule has 0 bridgehead atoms. The Morgan fingerprint density at radius 2 is 2.22 bits per heavy atom. The maximum atomic E-state index is 11.3. The summed E-state index contributed by atoms with van der Waals surface area (Å²) in [5.41, 5.74) is 1.05. The Morgan fingerprint density at radius 1 is 1.44 bits per heavy atom. The predicted octanol–water partition coefficient (Wildman–Crippen LogP) is 2.04. The van der Waals surface area contributed by atoms with Gasteiger partial charge in [0, 0.05) is 12.1 Å². The lowest BCUT2D eigenvalue weighted by molar-refractivity contribution is 0.410. The van der Waals surface area contributed by atoms with Crippen LogP contribution in [0.4, 0.5) is 5.69 Å². The smallest absolute Gasteiger partial charge is 0.285 e. The maximum absolute atomic E-state index is 11.3. The van der Waals surface area contributed by atoms with Crippen molar-refractivity contribution in [1.82, 2.24) is 10.2 Å². The summed E-state index contributed by atoms with van der Waals surface area (Å²) in [5, 5.41) is 9.09. The van der Waals surface area contributed by atoms with Crippen molar-refractivity contribution in [3.63, 3.8) is 0 Å². The van der Waals surface area contributed by atoms with E-state index in [1.807, 2.05) is 24.3 Å². The van der Waals surface area contributed by atoms with Crippen molar-refractivity contribution in [3.8, 4) is 5.75 Å². The molecule has 0 saturated heterocycles. The van der Waals surface area contributed by atoms with Gasteiger partial charge in [0.05, 0.1) is 19.0 Å². The molecule has 94 valence electrons. The lowest BCUT2D eigenvalue weighted by atomic mass is 10.2. The number of rotatable bonds is 4. The van der Waals surface area contributed by atoms with Crippen LogP contribution in [0.3, 0.4) is 0 Å². The fourth-order valence-electron chi connectivity index (χ4n) is 1.55. The second-order valence-electron chi connectivity index (χ2n) is 3.59. The Morgan fingerprint density at radius 3 is 3.00 bits per heavy atom. The van der Waals surface area contributed by atoms with Gasteiger partial charge in [-0.25, -0.2) is 5.10 Å². The van der Waals surface area contributed by atoms with E-state index < -0.39 is 5.56 Å². The number of hydrogen-bond donors (Lipinski definition) is 2. The van der Waals surface area contributed by atoms with Crippen LogP contribution in [0.15, 0.2) is 35.3 Å². The molecule has 0 fully saturated rings. The SMILES string of the molecule is COc1ccccc1CNc1cn[nH]c(=O)c1Cl. The van der Waals surface area contributed by atoms with Gasteiger partial charge in [-0.1, -0.05) is 29.8 Å². The van der Waals surface area contributed by atoms with Crippen molar-refractivity contribution in [1.29, 1.82) is 0 Å². The first-order chi connectivity index (χ1) is 8.72. The number of H-pyrrole nitrogens is 1. The summed E-state index contributed by atoms with van der Waals surface area (Å²) < 4.78 is 5.23. The molecule has 2 N–H and O–H groups in total. The molecule has 18 heavy (non-hydrogen) atoms. The molecule has 0 aliphatic carbocycles. The van der Waals surface area contributed by atoms with Gasteiger partial charge in [0.1, 0.15) is 10.8 Å². The molecule has 6 heteroatoms. The number of halogens is 1. The van der Waals surface area contributed by atoms with Crippen LogP contribution < -0.4 is 15.6 Å². The molecule has 0 aliphatic rings. The van der Waals surface area contributed by atoms with Crippen LogP contribution in [0.5, 0.6) is 5.75 Å². The molecule has 2 aromatic rings. The van der Waals surface area contributed by atoms with Crippen molar-refractivity contribution < 1.29 is 4.74 Å². The van der Waals surface area contributed by atoms with E-state index in [0.717, 1.165) is 11.3 Å². The second-order valence-corrected chi connectivity index (χ2v) is 3.97. The number of hydrogen-bond acceptors (Lipinski definition) is 4. The normalized spacial score (nSPS) is 10.1. The lowest BCUT2D eigenvalue weighted by Crippen LogP contribution is -2.12. The molecule has 2 rings (SSSR count). The largest absolute Gasteiger partial charge is 0.496 e. The van der Waals surface area contributed by atoms with Crippen molar-refractivity contribution in [3.05, 3.63) is 51.4 Å². The topological polar surface area (TPSA) is 67.0 Å². The minimum Gasteiger partial charge on any atom is -0.496 e. The van der Waals surface area contributed by atoms with Gasteiger partial charge in [0.2, 0.25) is 0 Å². The lowest BCUT2D eigenvalue weighted by Gasteiger charge is -2.10. The van der Waals surface area contributed by atoms with Gasteiger partial charge in [-0.3, -0.25) is 4.79 Å². The molecule has 0 spiro atoms. The maximum Gasteiger partial charge on any atom is 0.285 e. The number of ether oxygens (including phenoxy) is 1. The Kier molecular flexibility index (Phi) is 3.84. The van der Waals surface area contributed by atoms with E-state index in [2.05, 4.69) is 15.5 Å². The van der Waals surface area contributed by atoms with Gasteiger partial charge >= 0.3 is 0 Å². The fraction of sp³-hybridized carbons (Fsp3) is 0.167. The molecule has 5 nitrogen and oxygen atoms in total. The summed E-state index contributed by atoms with van der Waals surface area (Å²) in [4.78, 5) is 11.3. The van der Waals surface area contributed by atoms with Crippen molar-refractivity contribution >= 4 is 17.3 Å². The van der Waals surface area contributed by atoms with E-state index in [0.29, 0.717) is 12.2 Å². The first kappa shape index (κ1) is 12.4. The molecular weight excluding hydrogens is 254 g/mol. The summed E-state index contributed by atoms with van der Waals surface area (Å²) in [5.74, 6) is 0.777. The summed E-state index contributed by atoms with van der Waals surface area (Å²) in [6.07, 6.45) is 1.47. The highest BCUT2D eigenvalue weighted by atomic mass is 35.5. The predicted molar refractivity (Wildman–Crippen MR) is 70.2 cm³/mol. The number of aromatic nitrogens is 2. The number of methoxy groups -OCH3 is 1. The first-order valence-corrected chi connectivity index (χ1v) is 5.69. The number of para-hydroxylation sites is 1. The van der Waals surface area contributed by atoms with Crippen LogP contribution in [-0.4, -0.2) is 17.3 Å². The first-order valence-electron chi connectivity index (χ1n) is 5.31. The highest BCUT2D eigenvalue weighted by molar-refractivity contribution is 6.32. The van der Waals surface area contributed by atoms with E-state index in [1.165, 1.54) is 6.20 Å². The molecule has 0 radical (unpaired) electrons. The van der Waals surface area contributed by atoms with Gasteiger partial charge in [0.25, 0.3) is 5.56 Å². The van der Waals surface area contributed by atoms with E-state index >= 15 is 0 Å². The van der Waals surface area contributed by atoms with Crippen molar-refractivity contribution in [2.75, 3.05) is 12.4 Å². The summed E-state index contributed by atoms with van der Waals surface area (Å²) in [7, 11) is 1.61. The summed E-state index contributed by atoms with van der Waals surface area (Å²) >= 11 is 5.86. The third kappa shape index (κ3) is 2.62. The third-order valence-electron chi connectivity index (χ3n) is 2.46. The number of anilines is 1. The Hall–Kier alpha value is -2.01. The van der Waals surface area contributed by atoms with Crippen LogP contribution in [0, 0.1) is 0 Å². The molecule has 0 amide bonds. The van der Waals surface area contributed by atoms with Crippen LogP contribution >= 0.6 is 11.6 Å². The Balaban J connectivity index is 2.16. The van der Waals surface area contributed by atoms with Crippen LogP contribution in [0.2, 0.25) is 5.02 Å². The van der Waals surface area contributed by atoms with Crippen LogP contribution in [0.25, 0.3) is 0 Å². The summed E-state index contributed by atoms with van der Waals surface area (Å²) in [6.45, 7) is 0.495. The molecule has 0 atom stereocenters. The van der Waals surface area contributed by atoms with Gasteiger partial charge < -0.3 is 10.1 Å². The van der Waals surface area contributed by atoms with Gasteiger partial charge in [-0.05, 0) is 6.07 Å². The number of nitrogens with zero attached hydrogens (tertiary/aromatic N) is 1. The Bertz CT molecular complexity index is 598. The molecule has 0 aliphatic heterocycles. The second kappa shape index (κ2) is 5.55. The monoisotopic (exact) mass is 265 g/mol. The third-order valence-corrected chi connectivity index (χ3v) is 2.83. The minimum atomic E-state index is -0.415. The molecule has 0 unspecified atom stereocenters. The number of nitrogens with one attached hydrogen (secondary N) is 2. The Labute approximate surface area is 109 Å². The van der Waals surface area contributed by atoms with Gasteiger partial charge in [0.15, 0.2) is 0 Å². The van der Waals surface area contributed by atoms with E-state index in [-0.39, 0.29) is 5.02 Å². The highest BCUT2D eigenvalue weighted by Gasteiger charge is 2.06. The molecular formula is C12H12ClN3O2. The van der Waals surface area contributed by atoms with E-state index in [4.69, 9.17) is 16.3 Å². The fourth-order valence-corrected chi connectivity index (χ4v) is 1.70. The van der Waals surface area contributed by atoms with Gasteiger partial charge in [-0.15, -0.1) is 0 Å². The number of aromatic amines is 1. The zero-order valence-corrected chi connectivity index (χ0v) is 10.5. The average molecular weight is 266 g/mol. The zero-order chi connectivity index (χ0) is 13.0. The standard InChI is InChI=1S/C12H12ClN3O2/c1-18-10-5-3-2-4-8(10)6-14-9-7-15-16-12(17)11(9)13/h2-5,7H,6H2,1H3,(H2,14,16,17). The molecule has 1 aromatic heterocycles. The van der Waals surface area contributed by atoms with Gasteiger partial charge in [-0.2, -0.15) is 5.10 Å². The molecule has 1 aromatic carbocycles. The van der Waals surface area contributed by atoms with Crippen LogP contribution in [-0.2, 0) is 6.54 Å². The van der Waals surface area contributed by atoms with Crippen LogP contribution in [0.1, 0.15) is 5.56 Å². The van der Waals surface area contributed by atoms with E-state index in [9.17, 15) is 4.79 Å².